The molecule has 0 spiro atoms. The molecule has 0 saturated carbocycles. The summed E-state index contributed by atoms with van der Waals surface area (Å²) in [6, 6.07) is 0. The van der Waals surface area contributed by atoms with E-state index in [9.17, 15) is 0 Å². The second-order valence-electron chi connectivity index (χ2n) is 7.17. The fourth-order valence-electron chi connectivity index (χ4n) is 2.81. The van der Waals surface area contributed by atoms with Crippen molar-refractivity contribution in [1.29, 1.82) is 0 Å². The average molecular weight is 412 g/mol. The van der Waals surface area contributed by atoms with Crippen molar-refractivity contribution in [1.82, 2.24) is 0 Å². The molecule has 0 saturated heterocycles. The summed E-state index contributed by atoms with van der Waals surface area (Å²) in [5, 5.41) is 1.41. The van der Waals surface area contributed by atoms with Crippen LogP contribution in [0, 0.1) is 11.8 Å². The van der Waals surface area contributed by atoms with Crippen molar-refractivity contribution in [2.24, 2.45) is 0 Å². The SMILES string of the molecule is CCCCCCCCC#C/C=C(/CCCCCCCC)[Se]CCCC. The molecule has 0 aliphatic heterocycles. The van der Waals surface area contributed by atoms with Gasteiger partial charge < -0.3 is 0 Å². The molecule has 0 amide bonds. The van der Waals surface area contributed by atoms with Gasteiger partial charge in [-0.05, 0) is 0 Å². The molecule has 146 valence electrons. The van der Waals surface area contributed by atoms with Crippen LogP contribution in [0.15, 0.2) is 10.5 Å². The molecule has 0 aliphatic rings. The molecule has 0 fully saturated rings. The van der Waals surface area contributed by atoms with Gasteiger partial charge in [0.05, 0.1) is 0 Å². The van der Waals surface area contributed by atoms with Crippen LogP contribution in [-0.2, 0) is 0 Å². The molecule has 0 heterocycles. The minimum absolute atomic E-state index is 0.689. The predicted octanol–water partition coefficient (Wildman–Crippen LogP) is 8.30. The van der Waals surface area contributed by atoms with E-state index in [4.69, 9.17) is 0 Å². The van der Waals surface area contributed by atoms with Crippen LogP contribution in [0.5, 0.6) is 0 Å². The van der Waals surface area contributed by atoms with E-state index in [0.717, 1.165) is 6.42 Å². The maximum absolute atomic E-state index is 3.40. The molecule has 0 atom stereocenters. The van der Waals surface area contributed by atoms with Gasteiger partial charge in [0.25, 0.3) is 0 Å². The summed E-state index contributed by atoms with van der Waals surface area (Å²) in [7, 11) is 0. The Bertz CT molecular complexity index is 345. The molecule has 0 rings (SSSR count). The van der Waals surface area contributed by atoms with Crippen LogP contribution in [0.3, 0.4) is 0 Å². The summed E-state index contributed by atoms with van der Waals surface area (Å²) in [5.74, 6) is 6.78. The molecule has 0 aromatic rings. The van der Waals surface area contributed by atoms with E-state index < -0.39 is 0 Å². The van der Waals surface area contributed by atoms with Crippen LogP contribution in [0.1, 0.15) is 124 Å². The minimum atomic E-state index is 0.689. The van der Waals surface area contributed by atoms with Gasteiger partial charge in [-0.15, -0.1) is 0 Å². The van der Waals surface area contributed by atoms with Gasteiger partial charge in [0.15, 0.2) is 0 Å². The number of unbranched alkanes of at least 4 members (excludes halogenated alkanes) is 12. The molecule has 0 N–H and O–H groups in total. The van der Waals surface area contributed by atoms with Gasteiger partial charge in [-0.3, -0.25) is 0 Å². The van der Waals surface area contributed by atoms with E-state index in [1.54, 1.807) is 4.47 Å². The third kappa shape index (κ3) is 20.0. The Hall–Kier alpha value is -0.181. The summed E-state index contributed by atoms with van der Waals surface area (Å²) in [4.78, 5) is 0. The fraction of sp³-hybridized carbons (Fsp3) is 0.833. The second kappa shape index (κ2) is 21.9. The molecule has 25 heavy (non-hydrogen) atoms. The summed E-state index contributed by atoms with van der Waals surface area (Å²) in [6.45, 7) is 6.87. The third-order valence-corrected chi connectivity index (χ3v) is 7.04. The van der Waals surface area contributed by atoms with Crippen molar-refractivity contribution in [3.8, 4) is 11.8 Å². The molecule has 0 bridgehead atoms. The van der Waals surface area contributed by atoms with E-state index in [-0.39, 0.29) is 0 Å². The van der Waals surface area contributed by atoms with Gasteiger partial charge >= 0.3 is 166 Å². The van der Waals surface area contributed by atoms with E-state index in [1.165, 1.54) is 102 Å². The first-order valence-corrected chi connectivity index (χ1v) is 13.2. The van der Waals surface area contributed by atoms with E-state index in [2.05, 4.69) is 38.7 Å². The molecule has 0 nitrogen and oxygen atoms in total. The van der Waals surface area contributed by atoms with Crippen molar-refractivity contribution < 1.29 is 0 Å². The Morgan fingerprint density at radius 3 is 1.88 bits per heavy atom. The first-order valence-electron chi connectivity index (χ1n) is 11.1. The van der Waals surface area contributed by atoms with Gasteiger partial charge in [0, 0.05) is 0 Å². The Morgan fingerprint density at radius 2 is 1.24 bits per heavy atom. The monoisotopic (exact) mass is 412 g/mol. The Kier molecular flexibility index (Phi) is 21.7. The fourth-order valence-corrected chi connectivity index (χ4v) is 5.17. The van der Waals surface area contributed by atoms with Crippen LogP contribution in [0.4, 0.5) is 0 Å². The number of rotatable bonds is 17. The van der Waals surface area contributed by atoms with Crippen molar-refractivity contribution >= 4 is 15.0 Å². The first kappa shape index (κ1) is 24.8. The van der Waals surface area contributed by atoms with Gasteiger partial charge in [0.2, 0.25) is 0 Å². The zero-order valence-electron chi connectivity index (χ0n) is 17.5. The Balaban J connectivity index is 3.97. The molecule has 0 aliphatic carbocycles. The average Bonchev–Trinajstić information content (AvgIpc) is 2.62. The van der Waals surface area contributed by atoms with Gasteiger partial charge in [-0.25, -0.2) is 0 Å². The van der Waals surface area contributed by atoms with Crippen molar-refractivity contribution in [3.63, 3.8) is 0 Å². The molecule has 1 heteroatoms. The summed E-state index contributed by atoms with van der Waals surface area (Å²) >= 11 is 0.689. The zero-order valence-corrected chi connectivity index (χ0v) is 19.2. The van der Waals surface area contributed by atoms with E-state index in [1.807, 2.05) is 0 Å². The van der Waals surface area contributed by atoms with Crippen LogP contribution in [-0.4, -0.2) is 15.0 Å². The third-order valence-electron chi connectivity index (χ3n) is 4.55. The molecule has 0 aromatic heterocycles. The molecule has 0 unspecified atom stereocenters. The molecular formula is C24H44Se. The van der Waals surface area contributed by atoms with Crippen LogP contribution >= 0.6 is 0 Å². The topological polar surface area (TPSA) is 0 Å². The first-order chi connectivity index (χ1) is 12.3. The van der Waals surface area contributed by atoms with Gasteiger partial charge in [-0.2, -0.15) is 0 Å². The molecule has 0 aromatic carbocycles. The number of hydrogen-bond acceptors (Lipinski definition) is 0. The van der Waals surface area contributed by atoms with E-state index in [0.29, 0.717) is 15.0 Å². The second-order valence-corrected chi connectivity index (χ2v) is 9.73. The number of allylic oxidation sites excluding steroid dienone is 2. The van der Waals surface area contributed by atoms with Gasteiger partial charge in [-0.1, -0.05) is 0 Å². The Morgan fingerprint density at radius 1 is 0.680 bits per heavy atom. The standard InChI is InChI=1S/C24H44Se/c1-4-7-10-12-14-15-16-18-20-22-24(25-23-9-6-3)21-19-17-13-11-8-5-2/h22H,4-17,19,21,23H2,1-3H3/b24-22-. The van der Waals surface area contributed by atoms with Crippen molar-refractivity contribution in [3.05, 3.63) is 10.5 Å². The molecule has 0 radical (unpaired) electrons. The van der Waals surface area contributed by atoms with Crippen molar-refractivity contribution in [2.45, 2.75) is 129 Å². The summed E-state index contributed by atoms with van der Waals surface area (Å²) in [6.07, 6.45) is 24.0. The zero-order chi connectivity index (χ0) is 18.4. The van der Waals surface area contributed by atoms with E-state index >= 15 is 0 Å². The van der Waals surface area contributed by atoms with Crippen LogP contribution < -0.4 is 0 Å². The number of hydrogen-bond donors (Lipinski definition) is 0. The normalized spacial score (nSPS) is 11.4. The Labute approximate surface area is 166 Å². The quantitative estimate of drug-likeness (QED) is 0.128. The maximum atomic E-state index is 3.40. The summed E-state index contributed by atoms with van der Waals surface area (Å²) in [5.41, 5.74) is 0. The van der Waals surface area contributed by atoms with Crippen molar-refractivity contribution in [2.75, 3.05) is 0 Å². The van der Waals surface area contributed by atoms with Crippen LogP contribution in [0.25, 0.3) is 0 Å². The predicted molar refractivity (Wildman–Crippen MR) is 117 cm³/mol. The summed E-state index contributed by atoms with van der Waals surface area (Å²) < 4.78 is 1.67. The molecular weight excluding hydrogens is 367 g/mol. The van der Waals surface area contributed by atoms with Gasteiger partial charge in [0.1, 0.15) is 0 Å². The van der Waals surface area contributed by atoms with Crippen LogP contribution in [0.2, 0.25) is 5.32 Å².